The largest absolute Gasteiger partial charge is 0.388 e. The summed E-state index contributed by atoms with van der Waals surface area (Å²) in [6.07, 6.45) is 2.12. The minimum atomic E-state index is -0.495. The molecule has 0 aromatic rings. The molecule has 0 aromatic heterocycles. The highest BCUT2D eigenvalue weighted by Gasteiger charge is 2.21. The summed E-state index contributed by atoms with van der Waals surface area (Å²) in [4.78, 5) is 0. The third kappa shape index (κ3) is 6.48. The summed E-state index contributed by atoms with van der Waals surface area (Å²) in [5.74, 6) is 0. The summed E-state index contributed by atoms with van der Waals surface area (Å²) < 4.78 is 1.70. The van der Waals surface area contributed by atoms with Crippen molar-refractivity contribution in [2.75, 3.05) is 8.86 Å². The molecule has 0 radical (unpaired) electrons. The first-order valence-corrected chi connectivity index (χ1v) is 9.98. The van der Waals surface area contributed by atoms with E-state index in [4.69, 9.17) is 0 Å². The van der Waals surface area contributed by atoms with Gasteiger partial charge in [0.25, 0.3) is 0 Å². The Hall–Kier alpha value is 1.56. The zero-order valence-corrected chi connectivity index (χ0v) is 14.7. The van der Waals surface area contributed by atoms with Gasteiger partial charge in [0.05, 0.1) is 22.7 Å². The molecule has 2 N–H and O–H groups in total. The molecule has 0 spiro atoms. The highest BCUT2D eigenvalue weighted by molar-refractivity contribution is 14.1. The molecule has 0 aliphatic rings. The average Bonchev–Trinajstić information content (AvgIpc) is 2.33. The second-order valence-electron chi connectivity index (χ2n) is 3.03. The number of aliphatic hydroxyl groups is 2. The average molecular weight is 486 g/mol. The molecule has 2 nitrogen and oxygen atoms in total. The maximum Gasteiger partial charge on any atom is 0.0852 e. The summed E-state index contributed by atoms with van der Waals surface area (Å²) in [6, 6.07) is 0. The Morgan fingerprint density at radius 3 is 1.44 bits per heavy atom. The van der Waals surface area contributed by atoms with Gasteiger partial charge in [-0.25, -0.2) is 0 Å². The molecule has 0 heterocycles. The van der Waals surface area contributed by atoms with Crippen molar-refractivity contribution in [1.82, 2.24) is 0 Å². The lowest BCUT2D eigenvalue weighted by molar-refractivity contribution is 0.226. The monoisotopic (exact) mass is 486 g/mol. The maximum absolute atomic E-state index is 9.66. The fourth-order valence-electron chi connectivity index (χ4n) is 0.794. The Balaban J connectivity index is 4.16. The second kappa shape index (κ2) is 10.5. The van der Waals surface area contributed by atoms with Crippen LogP contribution in [0.5, 0.6) is 0 Å². The predicted octanol–water partition coefficient (Wildman–Crippen LogP) is 3.07. The van der Waals surface area contributed by atoms with E-state index < -0.39 is 12.2 Å². The molecule has 4 unspecified atom stereocenters. The molecule has 0 aliphatic heterocycles. The summed E-state index contributed by atoms with van der Waals surface area (Å²) in [6.45, 7) is 7.17. The molecule has 94 valence electrons. The van der Waals surface area contributed by atoms with Gasteiger partial charge in [-0.3, -0.25) is 0 Å². The van der Waals surface area contributed by atoms with Gasteiger partial charge in [0.15, 0.2) is 0 Å². The molecule has 4 atom stereocenters. The third-order valence-corrected chi connectivity index (χ3v) is 8.26. The van der Waals surface area contributed by atoms with Gasteiger partial charge in [0.2, 0.25) is 0 Å². The number of halogens is 2. The van der Waals surface area contributed by atoms with Crippen LogP contribution in [-0.4, -0.2) is 41.8 Å². The topological polar surface area (TPSA) is 40.5 Å². The molecule has 0 aliphatic carbocycles. The Labute approximate surface area is 132 Å². The molecule has 16 heavy (non-hydrogen) atoms. The fourth-order valence-corrected chi connectivity index (χ4v) is 7.16. The van der Waals surface area contributed by atoms with Gasteiger partial charge in [-0.2, -0.15) is 0 Å². The van der Waals surface area contributed by atoms with E-state index in [1.165, 1.54) is 0 Å². The van der Waals surface area contributed by atoms with Crippen molar-refractivity contribution in [2.45, 2.75) is 22.7 Å². The summed E-state index contributed by atoms with van der Waals surface area (Å²) >= 11 is 4.49. The fraction of sp³-hybridized carbons (Fsp3) is 0.600. The number of rotatable bonds is 9. The maximum atomic E-state index is 9.66. The van der Waals surface area contributed by atoms with Crippen molar-refractivity contribution < 1.29 is 10.2 Å². The summed E-state index contributed by atoms with van der Waals surface area (Å²) in [7, 11) is 3.21. The highest BCUT2D eigenvalue weighted by atomic mass is 127. The van der Waals surface area contributed by atoms with E-state index in [9.17, 15) is 10.2 Å². The van der Waals surface area contributed by atoms with Crippen LogP contribution in [0.2, 0.25) is 0 Å². The highest BCUT2D eigenvalue weighted by Crippen LogP contribution is 2.36. The normalized spacial score (nSPS) is 18.5. The van der Waals surface area contributed by atoms with Crippen molar-refractivity contribution >= 4 is 66.8 Å². The Kier molecular flexibility index (Phi) is 11.5. The second-order valence-corrected chi connectivity index (χ2v) is 7.54. The van der Waals surface area contributed by atoms with Crippen molar-refractivity contribution in [3.05, 3.63) is 25.3 Å². The lowest BCUT2D eigenvalue weighted by Crippen LogP contribution is -2.24. The van der Waals surface area contributed by atoms with Gasteiger partial charge in [-0.1, -0.05) is 78.9 Å². The van der Waals surface area contributed by atoms with Crippen LogP contribution in [0.1, 0.15) is 0 Å². The minimum Gasteiger partial charge on any atom is -0.388 e. The van der Waals surface area contributed by atoms with Crippen LogP contribution in [0.3, 0.4) is 0 Å². The molecule has 0 saturated heterocycles. The molecule has 0 saturated carbocycles. The van der Waals surface area contributed by atoms with Gasteiger partial charge in [0, 0.05) is 8.86 Å². The van der Waals surface area contributed by atoms with Crippen molar-refractivity contribution in [1.29, 1.82) is 0 Å². The van der Waals surface area contributed by atoms with Gasteiger partial charge in [0.1, 0.15) is 0 Å². The summed E-state index contributed by atoms with van der Waals surface area (Å²) in [5, 5.41) is 19.5. The standard InChI is InChI=1S/C10H16I2O2S2/c1-3-7(13)9(5-11)15-16-10(6-12)8(14)4-2/h3-4,7-10,13-14H,1-2,5-6H2. The molecule has 0 amide bonds. The van der Waals surface area contributed by atoms with Crippen LogP contribution < -0.4 is 0 Å². The van der Waals surface area contributed by atoms with Crippen LogP contribution in [0.15, 0.2) is 25.3 Å². The van der Waals surface area contributed by atoms with E-state index in [2.05, 4.69) is 58.3 Å². The molecule has 6 heteroatoms. The first kappa shape index (κ1) is 17.6. The quantitative estimate of drug-likeness (QED) is 0.228. The van der Waals surface area contributed by atoms with E-state index in [0.717, 1.165) is 8.86 Å². The molecule has 0 bridgehead atoms. The minimum absolute atomic E-state index is 0.116. The molecule has 0 aromatic carbocycles. The SMILES string of the molecule is C=CC(O)C(CI)SSC(CI)C(O)C=C. The Bertz CT molecular complexity index is 195. The van der Waals surface area contributed by atoms with Crippen molar-refractivity contribution in [3.8, 4) is 0 Å². The zero-order valence-electron chi connectivity index (χ0n) is 8.76. The van der Waals surface area contributed by atoms with E-state index in [1.54, 1.807) is 33.7 Å². The van der Waals surface area contributed by atoms with Gasteiger partial charge in [-0.05, 0) is 0 Å². The van der Waals surface area contributed by atoms with E-state index in [1.807, 2.05) is 0 Å². The number of hydrogen-bond acceptors (Lipinski definition) is 4. The number of aliphatic hydroxyl groups excluding tert-OH is 2. The molecular weight excluding hydrogens is 470 g/mol. The molecular formula is C10H16I2O2S2. The number of hydrogen-bond donors (Lipinski definition) is 2. The van der Waals surface area contributed by atoms with Crippen LogP contribution in [0.25, 0.3) is 0 Å². The van der Waals surface area contributed by atoms with Gasteiger partial charge < -0.3 is 10.2 Å². The summed E-state index contributed by atoms with van der Waals surface area (Å²) in [5.41, 5.74) is 0. The smallest absolute Gasteiger partial charge is 0.0852 e. The number of alkyl halides is 2. The van der Waals surface area contributed by atoms with Gasteiger partial charge in [-0.15, -0.1) is 13.2 Å². The molecule has 0 fully saturated rings. The lowest BCUT2D eigenvalue weighted by atomic mass is 10.3. The molecule has 0 rings (SSSR count). The van der Waals surface area contributed by atoms with E-state index in [0.29, 0.717) is 0 Å². The Morgan fingerprint density at radius 1 is 0.938 bits per heavy atom. The lowest BCUT2D eigenvalue weighted by Gasteiger charge is -2.21. The van der Waals surface area contributed by atoms with Crippen LogP contribution in [-0.2, 0) is 0 Å². The van der Waals surface area contributed by atoms with E-state index >= 15 is 0 Å². The van der Waals surface area contributed by atoms with Gasteiger partial charge >= 0.3 is 0 Å². The van der Waals surface area contributed by atoms with Crippen LogP contribution >= 0.6 is 66.8 Å². The first-order valence-electron chi connectivity index (χ1n) is 4.66. The Morgan fingerprint density at radius 2 is 1.25 bits per heavy atom. The zero-order chi connectivity index (χ0) is 12.6. The third-order valence-electron chi connectivity index (χ3n) is 1.85. The predicted molar refractivity (Wildman–Crippen MR) is 92.9 cm³/mol. The van der Waals surface area contributed by atoms with Crippen molar-refractivity contribution in [3.63, 3.8) is 0 Å². The first-order chi connectivity index (χ1) is 7.60. The van der Waals surface area contributed by atoms with E-state index in [-0.39, 0.29) is 10.5 Å². The van der Waals surface area contributed by atoms with Crippen LogP contribution in [0.4, 0.5) is 0 Å². The van der Waals surface area contributed by atoms with Crippen molar-refractivity contribution in [2.24, 2.45) is 0 Å². The van der Waals surface area contributed by atoms with Crippen LogP contribution in [0, 0.1) is 0 Å².